The van der Waals surface area contributed by atoms with Gasteiger partial charge in [0.15, 0.2) is 11.6 Å². The molecule has 1 atom stereocenters. The summed E-state index contributed by atoms with van der Waals surface area (Å²) in [5, 5.41) is 9.88. The summed E-state index contributed by atoms with van der Waals surface area (Å²) >= 11 is 0. The van der Waals surface area contributed by atoms with E-state index in [-0.39, 0.29) is 11.6 Å². The number of rotatable bonds is 5. The molecule has 1 heterocycles. The maximum absolute atomic E-state index is 13.5. The number of aliphatic hydroxyl groups is 1. The first-order valence-electron chi connectivity index (χ1n) is 7.17. The number of fused-ring (bicyclic) bond motifs is 1. The molecular formula is C17H17FN2O2. The molecule has 22 heavy (non-hydrogen) atoms. The number of nitrogens with zero attached hydrogens (tertiary/aromatic N) is 2. The number of aliphatic hydroxyl groups excluding tert-OH is 1. The summed E-state index contributed by atoms with van der Waals surface area (Å²) in [6.45, 7) is 2.45. The topological polar surface area (TPSA) is 47.3 Å². The van der Waals surface area contributed by atoms with E-state index in [1.165, 1.54) is 6.07 Å². The van der Waals surface area contributed by atoms with Crippen LogP contribution in [-0.4, -0.2) is 21.3 Å². The highest BCUT2D eigenvalue weighted by molar-refractivity contribution is 5.76. The molecule has 0 aliphatic rings. The second-order valence-electron chi connectivity index (χ2n) is 5.07. The maximum Gasteiger partial charge on any atom is 0.165 e. The first-order valence-corrected chi connectivity index (χ1v) is 7.17. The molecule has 0 fully saturated rings. The Morgan fingerprint density at radius 2 is 1.91 bits per heavy atom. The summed E-state index contributed by atoms with van der Waals surface area (Å²) in [6, 6.07) is 14.0. The Kier molecular flexibility index (Phi) is 4.06. The second kappa shape index (κ2) is 6.15. The molecule has 3 aromatic rings. The minimum atomic E-state index is -0.680. The van der Waals surface area contributed by atoms with Gasteiger partial charge in [-0.2, -0.15) is 0 Å². The fourth-order valence-electron chi connectivity index (χ4n) is 2.46. The molecule has 1 N–H and O–H groups in total. The summed E-state index contributed by atoms with van der Waals surface area (Å²) in [7, 11) is 0. The first kappa shape index (κ1) is 14.5. The third-order valence-electron chi connectivity index (χ3n) is 3.47. The third-order valence-corrected chi connectivity index (χ3v) is 3.47. The molecule has 0 bridgehead atoms. The minimum Gasteiger partial charge on any atom is -0.489 e. The molecule has 0 aliphatic carbocycles. The van der Waals surface area contributed by atoms with E-state index in [0.717, 1.165) is 11.0 Å². The highest BCUT2D eigenvalue weighted by Gasteiger charge is 2.14. The number of hydrogen-bond acceptors (Lipinski definition) is 3. The fraction of sp³-hybridized carbons (Fsp3) is 0.235. The summed E-state index contributed by atoms with van der Waals surface area (Å²) < 4.78 is 20.9. The van der Waals surface area contributed by atoms with Crippen LogP contribution in [-0.2, 0) is 6.54 Å². The smallest absolute Gasteiger partial charge is 0.165 e. The van der Waals surface area contributed by atoms with Crippen molar-refractivity contribution in [2.45, 2.75) is 19.6 Å². The van der Waals surface area contributed by atoms with Gasteiger partial charge < -0.3 is 14.4 Å². The van der Waals surface area contributed by atoms with Gasteiger partial charge >= 0.3 is 0 Å². The number of halogens is 1. The summed E-state index contributed by atoms with van der Waals surface area (Å²) in [5.74, 6) is 0.428. The number of benzene rings is 2. The lowest BCUT2D eigenvalue weighted by Crippen LogP contribution is -2.13. The molecule has 0 saturated carbocycles. The van der Waals surface area contributed by atoms with Crippen LogP contribution in [0, 0.1) is 5.82 Å². The highest BCUT2D eigenvalue weighted by Crippen LogP contribution is 2.21. The average Bonchev–Trinajstić information content (AvgIpc) is 2.88. The van der Waals surface area contributed by atoms with Gasteiger partial charge in [-0.25, -0.2) is 9.37 Å². The zero-order valence-electron chi connectivity index (χ0n) is 12.2. The lowest BCUT2D eigenvalue weighted by molar-refractivity contribution is 0.181. The molecular weight excluding hydrogens is 283 g/mol. The van der Waals surface area contributed by atoms with Crippen LogP contribution >= 0.6 is 0 Å². The van der Waals surface area contributed by atoms with Gasteiger partial charge in [0.25, 0.3) is 0 Å². The largest absolute Gasteiger partial charge is 0.489 e. The average molecular weight is 300 g/mol. The highest BCUT2D eigenvalue weighted by atomic mass is 19.1. The molecule has 0 saturated heterocycles. The Balaban J connectivity index is 1.81. The van der Waals surface area contributed by atoms with E-state index in [2.05, 4.69) is 4.98 Å². The van der Waals surface area contributed by atoms with Crippen molar-refractivity contribution >= 4 is 11.0 Å². The Morgan fingerprint density at radius 3 is 2.68 bits per heavy atom. The van der Waals surface area contributed by atoms with Gasteiger partial charge in [0.05, 0.1) is 17.6 Å². The second-order valence-corrected chi connectivity index (χ2v) is 5.07. The lowest BCUT2D eigenvalue weighted by Gasteiger charge is -2.12. The van der Waals surface area contributed by atoms with Crippen molar-refractivity contribution in [2.24, 2.45) is 0 Å². The van der Waals surface area contributed by atoms with Crippen LogP contribution < -0.4 is 4.74 Å². The molecule has 4 nitrogen and oxygen atoms in total. The molecule has 0 unspecified atom stereocenters. The van der Waals surface area contributed by atoms with Crippen molar-refractivity contribution in [3.63, 3.8) is 0 Å². The summed E-state index contributed by atoms with van der Waals surface area (Å²) in [5.41, 5.74) is 1.75. The van der Waals surface area contributed by atoms with E-state index >= 15 is 0 Å². The first-order chi connectivity index (χ1) is 10.7. The van der Waals surface area contributed by atoms with E-state index in [1.807, 2.05) is 28.8 Å². The van der Waals surface area contributed by atoms with Gasteiger partial charge in [-0.05, 0) is 31.2 Å². The van der Waals surface area contributed by atoms with Gasteiger partial charge in [-0.3, -0.25) is 0 Å². The van der Waals surface area contributed by atoms with Crippen molar-refractivity contribution in [1.29, 1.82) is 0 Å². The quantitative estimate of drug-likeness (QED) is 0.786. The van der Waals surface area contributed by atoms with Gasteiger partial charge in [0, 0.05) is 0 Å². The number of hydrogen-bond donors (Lipinski definition) is 1. The van der Waals surface area contributed by atoms with Crippen LogP contribution in [0.3, 0.4) is 0 Å². The van der Waals surface area contributed by atoms with Crippen molar-refractivity contribution in [3.8, 4) is 5.75 Å². The van der Waals surface area contributed by atoms with E-state index in [4.69, 9.17) is 4.74 Å². The number of aromatic nitrogens is 2. The van der Waals surface area contributed by atoms with Gasteiger partial charge in [0.1, 0.15) is 18.5 Å². The predicted octanol–water partition coefficient (Wildman–Crippen LogP) is 3.31. The lowest BCUT2D eigenvalue weighted by atomic mass is 10.3. The van der Waals surface area contributed by atoms with Crippen molar-refractivity contribution in [3.05, 3.63) is 60.2 Å². The standard InChI is InChI=1S/C17H17FN2O2/c1-12(21)17-19-14-7-3-4-8-15(14)20(17)10-11-22-16-9-5-2-6-13(16)18/h2-9,12,21H,10-11H2,1H3/t12-/m0/s1. The van der Waals surface area contributed by atoms with Crippen LogP contribution in [0.4, 0.5) is 4.39 Å². The summed E-state index contributed by atoms with van der Waals surface area (Å²) in [6.07, 6.45) is -0.680. The Morgan fingerprint density at radius 1 is 1.18 bits per heavy atom. The van der Waals surface area contributed by atoms with Crippen LogP contribution in [0.5, 0.6) is 5.75 Å². The van der Waals surface area contributed by atoms with Gasteiger partial charge in [-0.1, -0.05) is 24.3 Å². The molecule has 0 amide bonds. The maximum atomic E-state index is 13.5. The number of para-hydroxylation sites is 3. The SMILES string of the molecule is C[C@H](O)c1nc2ccccc2n1CCOc1ccccc1F. The predicted molar refractivity (Wildman–Crippen MR) is 82.3 cm³/mol. The van der Waals surface area contributed by atoms with Crippen molar-refractivity contribution in [1.82, 2.24) is 9.55 Å². The number of ether oxygens (including phenoxy) is 1. The minimum absolute atomic E-state index is 0.227. The van der Waals surface area contributed by atoms with Gasteiger partial charge in [-0.15, -0.1) is 0 Å². The molecule has 114 valence electrons. The molecule has 0 radical (unpaired) electrons. The van der Waals surface area contributed by atoms with Crippen LogP contribution in [0.2, 0.25) is 0 Å². The zero-order chi connectivity index (χ0) is 15.5. The van der Waals surface area contributed by atoms with E-state index in [9.17, 15) is 9.50 Å². The van der Waals surface area contributed by atoms with E-state index in [1.54, 1.807) is 25.1 Å². The van der Waals surface area contributed by atoms with Crippen molar-refractivity contribution in [2.75, 3.05) is 6.61 Å². The number of imidazole rings is 1. The van der Waals surface area contributed by atoms with E-state index in [0.29, 0.717) is 19.0 Å². The van der Waals surface area contributed by atoms with Crippen LogP contribution in [0.25, 0.3) is 11.0 Å². The Labute approximate surface area is 127 Å². The molecule has 3 rings (SSSR count). The van der Waals surface area contributed by atoms with Crippen molar-refractivity contribution < 1.29 is 14.2 Å². The Bertz CT molecular complexity index is 783. The molecule has 5 heteroatoms. The molecule has 0 spiro atoms. The third kappa shape index (κ3) is 2.80. The van der Waals surface area contributed by atoms with Gasteiger partial charge in [0.2, 0.25) is 0 Å². The van der Waals surface area contributed by atoms with Crippen LogP contribution in [0.15, 0.2) is 48.5 Å². The van der Waals surface area contributed by atoms with Crippen LogP contribution in [0.1, 0.15) is 18.9 Å². The fourth-order valence-corrected chi connectivity index (χ4v) is 2.46. The zero-order valence-corrected chi connectivity index (χ0v) is 12.2. The molecule has 2 aromatic carbocycles. The normalized spacial score (nSPS) is 12.5. The monoisotopic (exact) mass is 300 g/mol. The Hall–Kier alpha value is -2.40. The van der Waals surface area contributed by atoms with E-state index < -0.39 is 6.10 Å². The summed E-state index contributed by atoms with van der Waals surface area (Å²) in [4.78, 5) is 4.44. The molecule has 1 aromatic heterocycles. The molecule has 0 aliphatic heterocycles.